The molecule has 2 fully saturated rings. The lowest BCUT2D eigenvalue weighted by molar-refractivity contribution is -0.158. The van der Waals surface area contributed by atoms with E-state index in [1.807, 2.05) is 0 Å². The van der Waals surface area contributed by atoms with Crippen molar-refractivity contribution in [1.29, 1.82) is 0 Å². The standard InChI is InChI=1S/C25H36N12O13P2/c26-12(3-1-2-5-33-35-29)24(39)50-20-14(49-23(19(20)38)37-11-32-18-21(28)30-10-31-22(18)37)9-46-51(41,42)15-7-17(36-6-4-16(27)34-25(36)40)48-13(15)8-47-52(43,44)45/h4,6,10-15,17,19-20,23,38H,1-3,5,7-9,26H2,(H,41,42)(H2,27,34,40)(H2,28,30,31)(H2,43,44,45)/t12-,13+,14+,15-,17+,19+,20+,23+/m0/s1. The number of hydrogen-bond donors (Lipinski definition) is 7. The van der Waals surface area contributed by atoms with Gasteiger partial charge < -0.3 is 55.7 Å². The number of aromatic nitrogens is 6. The van der Waals surface area contributed by atoms with Crippen LogP contribution in [0.5, 0.6) is 0 Å². The van der Waals surface area contributed by atoms with E-state index in [-0.39, 0.29) is 42.2 Å². The van der Waals surface area contributed by atoms with Crippen molar-refractivity contribution >= 4 is 44.2 Å². The zero-order chi connectivity index (χ0) is 37.8. The smallest absolute Gasteiger partial charge is 0.455 e. The molecule has 25 nitrogen and oxygen atoms in total. The molecule has 2 aliphatic heterocycles. The van der Waals surface area contributed by atoms with Crippen LogP contribution in [-0.2, 0) is 37.2 Å². The highest BCUT2D eigenvalue weighted by atomic mass is 31.2. The number of esters is 1. The van der Waals surface area contributed by atoms with Crippen molar-refractivity contribution in [3.8, 4) is 0 Å². The molecule has 1 unspecified atom stereocenters. The number of nitrogens with zero attached hydrogens (tertiary/aromatic N) is 9. The highest BCUT2D eigenvalue weighted by Gasteiger charge is 2.52. The molecule has 3 aromatic rings. The summed E-state index contributed by atoms with van der Waals surface area (Å²) in [5.41, 5.74) is 23.8. The predicted molar refractivity (Wildman–Crippen MR) is 174 cm³/mol. The molecule has 10 N–H and O–H groups in total. The van der Waals surface area contributed by atoms with Gasteiger partial charge >= 0.3 is 27.1 Å². The molecule has 2 saturated heterocycles. The van der Waals surface area contributed by atoms with Gasteiger partial charge in [-0.3, -0.25) is 23.0 Å². The SMILES string of the molecule is [N-]=[N+]=NCCCC[C@H](N)C(=O)O[C@H]1[C@@H](O)[C@H](n2cnc3c(N)ncnc32)O[C@@H]1COP(=O)(O)[C@H]1C[C@H](n2ccc(N)nc2=O)O[C@@H]1COP(=O)(O)O. The minimum atomic E-state index is -5.08. The van der Waals surface area contributed by atoms with Crippen molar-refractivity contribution in [3.05, 3.63) is 45.8 Å². The number of carbonyl (C=O) groups is 1. The Balaban J connectivity index is 1.37. The summed E-state index contributed by atoms with van der Waals surface area (Å²) in [6, 6.07) is 0.103. The van der Waals surface area contributed by atoms with Crippen molar-refractivity contribution in [2.45, 2.75) is 74.3 Å². The molecule has 9 atom stereocenters. The number of azide groups is 1. The van der Waals surface area contributed by atoms with Crippen LogP contribution in [0.25, 0.3) is 21.6 Å². The number of nitrogens with two attached hydrogens (primary N) is 3. The summed E-state index contributed by atoms with van der Waals surface area (Å²) < 4.78 is 54.9. The number of imidazole rings is 1. The second kappa shape index (κ2) is 16.3. The Morgan fingerprint density at radius 3 is 2.58 bits per heavy atom. The van der Waals surface area contributed by atoms with Gasteiger partial charge in [0.25, 0.3) is 0 Å². The summed E-state index contributed by atoms with van der Waals surface area (Å²) >= 11 is 0. The Labute approximate surface area is 292 Å². The third-order valence-electron chi connectivity index (χ3n) is 8.23. The van der Waals surface area contributed by atoms with E-state index in [0.717, 1.165) is 10.9 Å². The van der Waals surface area contributed by atoms with Gasteiger partial charge in [0.2, 0.25) is 0 Å². The monoisotopic (exact) mass is 774 g/mol. The van der Waals surface area contributed by atoms with E-state index in [1.165, 1.54) is 23.2 Å². The van der Waals surface area contributed by atoms with Crippen molar-refractivity contribution < 1.29 is 57.0 Å². The summed E-state index contributed by atoms with van der Waals surface area (Å²) in [4.78, 5) is 73.7. The van der Waals surface area contributed by atoms with E-state index in [9.17, 15) is 38.5 Å². The lowest BCUT2D eigenvalue weighted by Crippen LogP contribution is -2.43. The number of rotatable bonds is 16. The number of phosphoric acid groups is 1. The minimum Gasteiger partial charge on any atom is -0.455 e. The van der Waals surface area contributed by atoms with Crippen LogP contribution in [0.3, 0.4) is 0 Å². The summed E-state index contributed by atoms with van der Waals surface area (Å²) in [5.74, 6) is -1.02. The Morgan fingerprint density at radius 1 is 1.12 bits per heavy atom. The van der Waals surface area contributed by atoms with Crippen LogP contribution >= 0.6 is 15.4 Å². The molecule has 0 saturated carbocycles. The highest BCUT2D eigenvalue weighted by Crippen LogP contribution is 2.56. The van der Waals surface area contributed by atoms with Crippen molar-refractivity contribution in [1.82, 2.24) is 29.1 Å². The number of phosphoric ester groups is 1. The number of ether oxygens (including phenoxy) is 3. The Kier molecular flexibility index (Phi) is 12.3. The summed E-state index contributed by atoms with van der Waals surface area (Å²) in [7, 11) is -9.98. The second-order valence-corrected chi connectivity index (χ2v) is 15.0. The molecular weight excluding hydrogens is 738 g/mol. The van der Waals surface area contributed by atoms with E-state index >= 15 is 0 Å². The minimum absolute atomic E-state index is 0.0261. The molecule has 0 bridgehead atoms. The zero-order valence-corrected chi connectivity index (χ0v) is 28.8. The predicted octanol–water partition coefficient (Wildman–Crippen LogP) is -0.807. The summed E-state index contributed by atoms with van der Waals surface area (Å²) in [6.07, 6.45) is -4.49. The molecule has 5 rings (SSSR count). The first-order chi connectivity index (χ1) is 24.6. The summed E-state index contributed by atoms with van der Waals surface area (Å²) in [5, 5.41) is 14.8. The lowest BCUT2D eigenvalue weighted by atomic mass is 10.1. The molecule has 0 aliphatic carbocycles. The maximum absolute atomic E-state index is 13.8. The van der Waals surface area contributed by atoms with Gasteiger partial charge in [0.15, 0.2) is 23.8 Å². The van der Waals surface area contributed by atoms with Gasteiger partial charge in [-0.25, -0.2) is 24.3 Å². The fourth-order valence-electron chi connectivity index (χ4n) is 5.69. The fourth-order valence-corrected chi connectivity index (χ4v) is 7.60. The maximum Gasteiger partial charge on any atom is 0.469 e. The molecule has 5 heterocycles. The van der Waals surface area contributed by atoms with Crippen LogP contribution in [0.4, 0.5) is 11.6 Å². The van der Waals surface area contributed by atoms with Gasteiger partial charge in [0, 0.05) is 24.1 Å². The largest absolute Gasteiger partial charge is 0.469 e. The number of aliphatic hydroxyl groups is 1. The molecule has 2 aliphatic rings. The molecule has 284 valence electrons. The van der Waals surface area contributed by atoms with Crippen LogP contribution in [0.2, 0.25) is 0 Å². The topological polar surface area (TPSA) is 384 Å². The van der Waals surface area contributed by atoms with Gasteiger partial charge in [-0.1, -0.05) is 11.5 Å². The zero-order valence-electron chi connectivity index (χ0n) is 27.0. The quantitative estimate of drug-likeness (QED) is 0.0234. The number of anilines is 2. The van der Waals surface area contributed by atoms with E-state index in [4.69, 9.17) is 41.5 Å². The molecule has 52 heavy (non-hydrogen) atoms. The molecule has 3 aromatic heterocycles. The van der Waals surface area contributed by atoms with Gasteiger partial charge in [0.05, 0.1) is 31.3 Å². The van der Waals surface area contributed by atoms with Crippen LogP contribution in [0.1, 0.15) is 38.1 Å². The number of unbranched alkanes of at least 4 members (excludes halogenated alkanes) is 1. The van der Waals surface area contributed by atoms with E-state index in [1.54, 1.807) is 0 Å². The number of hydrogen-bond acceptors (Lipinski definition) is 18. The van der Waals surface area contributed by atoms with Crippen LogP contribution < -0.4 is 22.9 Å². The number of carbonyl (C=O) groups excluding carboxylic acids is 1. The first-order valence-electron chi connectivity index (χ1n) is 15.5. The Hall–Kier alpha value is -4.09. The Bertz CT molecular complexity index is 1950. The maximum atomic E-state index is 13.8. The molecule has 0 radical (unpaired) electrons. The van der Waals surface area contributed by atoms with Crippen LogP contribution in [0, 0.1) is 0 Å². The number of nitrogen functional groups attached to an aromatic ring is 2. The van der Waals surface area contributed by atoms with Gasteiger partial charge in [-0.2, -0.15) is 4.98 Å². The average molecular weight is 775 g/mol. The third kappa shape index (κ3) is 9.09. The number of aliphatic hydroxyl groups excluding tert-OH is 1. The number of fused-ring (bicyclic) bond motifs is 1. The van der Waals surface area contributed by atoms with Crippen molar-refractivity contribution in [3.63, 3.8) is 0 Å². The van der Waals surface area contributed by atoms with Crippen LogP contribution in [0.15, 0.2) is 34.8 Å². The van der Waals surface area contributed by atoms with Gasteiger partial charge in [0.1, 0.15) is 42.1 Å². The van der Waals surface area contributed by atoms with Gasteiger partial charge in [-0.15, -0.1) is 0 Å². The van der Waals surface area contributed by atoms with E-state index < -0.39 is 88.9 Å². The first kappa shape index (κ1) is 39.1. The molecular formula is C25H36N12O13P2. The Morgan fingerprint density at radius 2 is 1.87 bits per heavy atom. The lowest BCUT2D eigenvalue weighted by Gasteiger charge is -2.26. The first-order valence-corrected chi connectivity index (χ1v) is 18.7. The molecule has 0 aromatic carbocycles. The van der Waals surface area contributed by atoms with Crippen LogP contribution in [-0.4, -0.2) is 111 Å². The molecule has 0 amide bonds. The second-order valence-electron chi connectivity index (χ2n) is 11.7. The average Bonchev–Trinajstić information content (AvgIpc) is 3.79. The van der Waals surface area contributed by atoms with Gasteiger partial charge in [-0.05, 0) is 24.4 Å². The van der Waals surface area contributed by atoms with Crippen molar-refractivity contribution in [2.75, 3.05) is 31.2 Å². The van der Waals surface area contributed by atoms with Crippen molar-refractivity contribution in [2.24, 2.45) is 10.8 Å². The normalized spacial score (nSPS) is 26.5. The summed E-state index contributed by atoms with van der Waals surface area (Å²) in [6.45, 7) is -1.48. The van der Waals surface area contributed by atoms with E-state index in [2.05, 4.69) is 34.5 Å². The van der Waals surface area contributed by atoms with E-state index in [0.29, 0.717) is 12.8 Å². The molecule has 0 spiro atoms. The third-order valence-corrected chi connectivity index (χ3v) is 10.6. The fraction of sp³-hybridized carbons (Fsp3) is 0.600. The molecule has 27 heteroatoms. The highest BCUT2D eigenvalue weighted by molar-refractivity contribution is 7.53.